The summed E-state index contributed by atoms with van der Waals surface area (Å²) >= 11 is 0. The van der Waals surface area contributed by atoms with Gasteiger partial charge in [-0.15, -0.1) is 0 Å². The van der Waals surface area contributed by atoms with Crippen LogP contribution in [0.15, 0.2) is 0 Å². The summed E-state index contributed by atoms with van der Waals surface area (Å²) in [5.41, 5.74) is 0. The van der Waals surface area contributed by atoms with E-state index in [1.54, 1.807) is 7.11 Å². The van der Waals surface area contributed by atoms with Gasteiger partial charge >= 0.3 is 0 Å². The van der Waals surface area contributed by atoms with E-state index in [9.17, 15) is 4.79 Å². The fourth-order valence-electron chi connectivity index (χ4n) is 2.62. The van der Waals surface area contributed by atoms with Crippen LogP contribution in [0.5, 0.6) is 0 Å². The zero-order chi connectivity index (χ0) is 12.3. The molecule has 2 aliphatic heterocycles. The van der Waals surface area contributed by atoms with Crippen LogP contribution in [0.1, 0.15) is 13.3 Å². The van der Waals surface area contributed by atoms with E-state index >= 15 is 0 Å². The predicted octanol–water partition coefficient (Wildman–Crippen LogP) is -0.473. The molecule has 98 valence electrons. The number of methoxy groups -OCH3 is 1. The fraction of sp³-hybridized carbons (Fsp3) is 0.917. The van der Waals surface area contributed by atoms with Gasteiger partial charge in [0, 0.05) is 45.9 Å². The largest absolute Gasteiger partial charge is 0.372 e. The highest BCUT2D eigenvalue weighted by Gasteiger charge is 2.29. The van der Waals surface area contributed by atoms with Gasteiger partial charge in [0.25, 0.3) is 5.91 Å². The molecule has 5 nitrogen and oxygen atoms in total. The quantitative estimate of drug-likeness (QED) is 0.725. The average Bonchev–Trinajstić information content (AvgIpc) is 2.91. The lowest BCUT2D eigenvalue weighted by molar-refractivity contribution is -0.143. The Morgan fingerprint density at radius 1 is 1.35 bits per heavy atom. The molecule has 0 aromatic carbocycles. The van der Waals surface area contributed by atoms with Gasteiger partial charge in [0.15, 0.2) is 0 Å². The number of hydrogen-bond donors (Lipinski definition) is 1. The molecule has 0 bridgehead atoms. The summed E-state index contributed by atoms with van der Waals surface area (Å²) in [6, 6.07) is 0.673. The normalized spacial score (nSPS) is 28.4. The third-order valence-electron chi connectivity index (χ3n) is 3.88. The molecule has 0 radical (unpaired) electrons. The minimum atomic E-state index is -0.310. The van der Waals surface area contributed by atoms with Gasteiger partial charge in [-0.2, -0.15) is 0 Å². The lowest BCUT2D eigenvalue weighted by atomic mass is 10.2. The lowest BCUT2D eigenvalue weighted by Gasteiger charge is -2.38. The maximum atomic E-state index is 11.9. The van der Waals surface area contributed by atoms with E-state index in [-0.39, 0.29) is 12.0 Å². The highest BCUT2D eigenvalue weighted by molar-refractivity contribution is 5.80. The standard InChI is InChI=1S/C12H23N3O2/c1-10(17-2)12(16)15-7-5-14(6-8-15)11-3-4-13-9-11/h10-11,13H,3-9H2,1-2H3. The van der Waals surface area contributed by atoms with Gasteiger partial charge in [0.1, 0.15) is 6.10 Å². The summed E-state index contributed by atoms with van der Waals surface area (Å²) in [6.45, 7) is 7.71. The second-order valence-electron chi connectivity index (χ2n) is 4.89. The minimum Gasteiger partial charge on any atom is -0.372 e. The number of carbonyl (C=O) groups excluding carboxylic acids is 1. The van der Waals surface area contributed by atoms with E-state index in [1.807, 2.05) is 11.8 Å². The van der Waals surface area contributed by atoms with Crippen LogP contribution in [-0.2, 0) is 9.53 Å². The number of nitrogens with one attached hydrogen (secondary N) is 1. The van der Waals surface area contributed by atoms with Gasteiger partial charge in [-0.25, -0.2) is 0 Å². The Labute approximate surface area is 103 Å². The first-order chi connectivity index (χ1) is 8.22. The highest BCUT2D eigenvalue weighted by atomic mass is 16.5. The molecule has 2 unspecified atom stereocenters. The predicted molar refractivity (Wildman–Crippen MR) is 65.9 cm³/mol. The molecule has 2 atom stereocenters. The fourth-order valence-corrected chi connectivity index (χ4v) is 2.62. The first-order valence-corrected chi connectivity index (χ1v) is 6.48. The van der Waals surface area contributed by atoms with Crippen molar-refractivity contribution in [3.8, 4) is 0 Å². The third-order valence-corrected chi connectivity index (χ3v) is 3.88. The summed E-state index contributed by atoms with van der Waals surface area (Å²) in [5, 5.41) is 3.39. The zero-order valence-electron chi connectivity index (χ0n) is 10.8. The minimum absolute atomic E-state index is 0.122. The molecule has 0 saturated carbocycles. The first kappa shape index (κ1) is 12.8. The Kier molecular flexibility index (Phi) is 4.36. The Morgan fingerprint density at radius 2 is 2.06 bits per heavy atom. The number of piperazine rings is 1. The summed E-state index contributed by atoms with van der Waals surface area (Å²) in [7, 11) is 1.59. The van der Waals surface area contributed by atoms with Crippen LogP contribution in [-0.4, -0.2) is 74.2 Å². The van der Waals surface area contributed by atoms with Crippen LogP contribution in [0.25, 0.3) is 0 Å². The zero-order valence-corrected chi connectivity index (χ0v) is 10.8. The topological polar surface area (TPSA) is 44.8 Å². The monoisotopic (exact) mass is 241 g/mol. The molecular formula is C12H23N3O2. The molecule has 0 aliphatic carbocycles. The maximum absolute atomic E-state index is 11.9. The van der Waals surface area contributed by atoms with E-state index < -0.39 is 0 Å². The molecule has 17 heavy (non-hydrogen) atoms. The van der Waals surface area contributed by atoms with Crippen molar-refractivity contribution in [3.05, 3.63) is 0 Å². The van der Waals surface area contributed by atoms with Crippen molar-refractivity contribution in [2.45, 2.75) is 25.5 Å². The molecular weight excluding hydrogens is 218 g/mol. The molecule has 0 spiro atoms. The molecule has 2 saturated heterocycles. The summed E-state index contributed by atoms with van der Waals surface area (Å²) in [6.07, 6.45) is 0.928. The molecule has 0 aromatic rings. The lowest BCUT2D eigenvalue weighted by Crippen LogP contribution is -2.54. The molecule has 2 heterocycles. The SMILES string of the molecule is COC(C)C(=O)N1CCN(C2CCNC2)CC1. The van der Waals surface area contributed by atoms with Gasteiger partial charge in [-0.3, -0.25) is 9.69 Å². The van der Waals surface area contributed by atoms with Gasteiger partial charge in [0.05, 0.1) is 0 Å². The number of hydrogen-bond acceptors (Lipinski definition) is 4. The molecule has 1 amide bonds. The van der Waals surface area contributed by atoms with Crippen LogP contribution >= 0.6 is 0 Å². The van der Waals surface area contributed by atoms with Gasteiger partial charge in [0.2, 0.25) is 0 Å². The van der Waals surface area contributed by atoms with Crippen LogP contribution < -0.4 is 5.32 Å². The second kappa shape index (κ2) is 5.80. The van der Waals surface area contributed by atoms with E-state index in [4.69, 9.17) is 4.74 Å². The first-order valence-electron chi connectivity index (χ1n) is 6.48. The Bertz CT molecular complexity index is 258. The van der Waals surface area contributed by atoms with Gasteiger partial charge in [-0.1, -0.05) is 0 Å². The van der Waals surface area contributed by atoms with E-state index in [0.29, 0.717) is 6.04 Å². The Hall–Kier alpha value is -0.650. The van der Waals surface area contributed by atoms with E-state index in [0.717, 1.165) is 39.3 Å². The van der Waals surface area contributed by atoms with Crippen molar-refractivity contribution in [1.82, 2.24) is 15.1 Å². The molecule has 2 rings (SSSR count). The average molecular weight is 241 g/mol. The summed E-state index contributed by atoms with van der Waals surface area (Å²) < 4.78 is 5.08. The van der Waals surface area contributed by atoms with Crippen molar-refractivity contribution in [2.75, 3.05) is 46.4 Å². The summed E-state index contributed by atoms with van der Waals surface area (Å²) in [4.78, 5) is 16.4. The second-order valence-corrected chi connectivity index (χ2v) is 4.89. The number of rotatable bonds is 3. The number of ether oxygens (including phenoxy) is 1. The molecule has 0 aromatic heterocycles. The maximum Gasteiger partial charge on any atom is 0.251 e. The third kappa shape index (κ3) is 2.97. The van der Waals surface area contributed by atoms with Crippen LogP contribution in [0.3, 0.4) is 0 Å². The smallest absolute Gasteiger partial charge is 0.251 e. The van der Waals surface area contributed by atoms with Crippen LogP contribution in [0.4, 0.5) is 0 Å². The molecule has 2 aliphatic rings. The molecule has 2 fully saturated rings. The Morgan fingerprint density at radius 3 is 2.59 bits per heavy atom. The number of amides is 1. The van der Waals surface area contributed by atoms with Gasteiger partial charge in [-0.05, 0) is 19.9 Å². The van der Waals surface area contributed by atoms with Crippen molar-refractivity contribution in [2.24, 2.45) is 0 Å². The highest BCUT2D eigenvalue weighted by Crippen LogP contribution is 2.12. The van der Waals surface area contributed by atoms with Gasteiger partial charge < -0.3 is 15.0 Å². The van der Waals surface area contributed by atoms with Crippen LogP contribution in [0, 0.1) is 0 Å². The van der Waals surface area contributed by atoms with Crippen molar-refractivity contribution < 1.29 is 9.53 Å². The molecule has 5 heteroatoms. The van der Waals surface area contributed by atoms with Crippen LogP contribution in [0.2, 0.25) is 0 Å². The number of carbonyl (C=O) groups is 1. The van der Waals surface area contributed by atoms with Crippen molar-refractivity contribution >= 4 is 5.91 Å². The van der Waals surface area contributed by atoms with Crippen molar-refractivity contribution in [1.29, 1.82) is 0 Å². The van der Waals surface area contributed by atoms with E-state index in [1.165, 1.54) is 6.42 Å². The molecule has 1 N–H and O–H groups in total. The van der Waals surface area contributed by atoms with E-state index in [2.05, 4.69) is 10.2 Å². The summed E-state index contributed by atoms with van der Waals surface area (Å²) in [5.74, 6) is 0.122. The Balaban J connectivity index is 1.79. The number of nitrogens with zero attached hydrogens (tertiary/aromatic N) is 2. The van der Waals surface area contributed by atoms with Crippen molar-refractivity contribution in [3.63, 3.8) is 0 Å².